The number of esters is 1. The van der Waals surface area contributed by atoms with Crippen molar-refractivity contribution in [2.75, 3.05) is 61.9 Å². The number of hydrogen-bond donors (Lipinski definition) is 3. The number of carbonyl (C=O) groups excluding carboxylic acids is 3. The van der Waals surface area contributed by atoms with Gasteiger partial charge in [0, 0.05) is 45.2 Å². The minimum absolute atomic E-state index is 0.0251. The summed E-state index contributed by atoms with van der Waals surface area (Å²) < 4.78 is 111. The van der Waals surface area contributed by atoms with Gasteiger partial charge < -0.3 is 25.2 Å². The Labute approximate surface area is 303 Å². The van der Waals surface area contributed by atoms with Gasteiger partial charge >= 0.3 is 18.3 Å². The number of aromatic nitrogens is 2. The number of halogens is 6. The van der Waals surface area contributed by atoms with Crippen LogP contribution in [0.4, 0.5) is 38.0 Å². The zero-order chi connectivity index (χ0) is 38.8. The maximum atomic E-state index is 14.0. The first-order chi connectivity index (χ1) is 24.9. The van der Waals surface area contributed by atoms with E-state index in [1.165, 1.54) is 23.1 Å². The second-order valence-electron chi connectivity index (χ2n) is 12.9. The van der Waals surface area contributed by atoms with Crippen molar-refractivity contribution in [1.29, 1.82) is 0 Å². The van der Waals surface area contributed by atoms with Crippen LogP contribution >= 0.6 is 0 Å². The monoisotopic (exact) mass is 779 g/mol. The van der Waals surface area contributed by atoms with Crippen LogP contribution in [0, 0.1) is 5.92 Å². The minimum Gasteiger partial charge on any atom is -0.468 e. The van der Waals surface area contributed by atoms with Gasteiger partial charge in [-0.1, -0.05) is 12.1 Å². The molecule has 3 heterocycles. The van der Waals surface area contributed by atoms with E-state index in [4.69, 9.17) is 0 Å². The van der Waals surface area contributed by atoms with Crippen LogP contribution in [0.1, 0.15) is 61.9 Å². The number of rotatable bonds is 16. The van der Waals surface area contributed by atoms with Crippen LogP contribution in [0.3, 0.4) is 0 Å². The molecule has 0 saturated carbocycles. The van der Waals surface area contributed by atoms with Gasteiger partial charge in [0.05, 0.1) is 18.4 Å². The van der Waals surface area contributed by atoms with E-state index in [0.717, 1.165) is 19.2 Å². The summed E-state index contributed by atoms with van der Waals surface area (Å²) in [6.07, 6.45) is -5.46. The Hall–Kier alpha value is -4.20. The van der Waals surface area contributed by atoms with E-state index in [1.807, 2.05) is 0 Å². The molecule has 2 saturated heterocycles. The predicted molar refractivity (Wildman–Crippen MR) is 181 cm³/mol. The fraction of sp³-hybridized carbons (Fsp3) is 0.606. The second-order valence-corrected chi connectivity index (χ2v) is 14.8. The number of carbonyl (C=O) groups is 3. The Bertz CT molecular complexity index is 1670. The third kappa shape index (κ3) is 12.7. The van der Waals surface area contributed by atoms with Gasteiger partial charge in [-0.15, -0.1) is 0 Å². The number of ether oxygens (including phenoxy) is 1. The third-order valence-corrected chi connectivity index (χ3v) is 10.4. The van der Waals surface area contributed by atoms with Crippen molar-refractivity contribution in [2.45, 2.75) is 69.8 Å². The molecule has 4 rings (SSSR count). The summed E-state index contributed by atoms with van der Waals surface area (Å²) in [4.78, 5) is 47.3. The molecule has 0 aliphatic carbocycles. The molecule has 0 spiro atoms. The molecular weight excluding hydrogens is 736 g/mol. The number of alkyl halides is 6. The van der Waals surface area contributed by atoms with Gasteiger partial charge in [-0.2, -0.15) is 26.3 Å². The van der Waals surface area contributed by atoms with Crippen LogP contribution in [0.25, 0.3) is 0 Å². The van der Waals surface area contributed by atoms with Crippen molar-refractivity contribution in [3.05, 3.63) is 47.3 Å². The fourth-order valence-corrected chi connectivity index (χ4v) is 7.06. The lowest BCUT2D eigenvalue weighted by molar-refractivity contribution is -0.145. The van der Waals surface area contributed by atoms with Crippen molar-refractivity contribution in [2.24, 2.45) is 5.92 Å². The number of anilines is 2. The molecule has 2 aliphatic rings. The van der Waals surface area contributed by atoms with Crippen molar-refractivity contribution < 1.29 is 53.9 Å². The van der Waals surface area contributed by atoms with Gasteiger partial charge in [-0.25, -0.2) is 23.1 Å². The number of sulfonamides is 1. The summed E-state index contributed by atoms with van der Waals surface area (Å²) in [7, 11) is -2.65. The Morgan fingerprint density at radius 2 is 1.58 bits per heavy atom. The molecule has 0 unspecified atom stereocenters. The van der Waals surface area contributed by atoms with E-state index in [-0.39, 0.29) is 49.4 Å². The van der Waals surface area contributed by atoms with Crippen LogP contribution in [-0.4, -0.2) is 94.3 Å². The van der Waals surface area contributed by atoms with Crippen LogP contribution in [0.15, 0.2) is 30.3 Å². The molecule has 2 amide bonds. The fourth-order valence-electron chi connectivity index (χ4n) is 6.21. The van der Waals surface area contributed by atoms with E-state index >= 15 is 0 Å². The van der Waals surface area contributed by atoms with E-state index < -0.39 is 64.0 Å². The first-order valence-electron chi connectivity index (χ1n) is 17.2. The molecule has 294 valence electrons. The molecule has 1 aromatic heterocycles. The van der Waals surface area contributed by atoms with Gasteiger partial charge in [0.15, 0.2) is 0 Å². The second kappa shape index (κ2) is 18.2. The summed E-state index contributed by atoms with van der Waals surface area (Å²) in [5.74, 6) is -2.95. The molecule has 13 nitrogen and oxygen atoms in total. The molecular formula is C33H43F6N7O6S. The highest BCUT2D eigenvalue weighted by atomic mass is 32.2. The molecule has 0 bridgehead atoms. The average molecular weight is 780 g/mol. The number of amides is 2. The first-order valence-corrected chi connectivity index (χ1v) is 18.8. The number of piperidine rings is 1. The van der Waals surface area contributed by atoms with Crippen molar-refractivity contribution in [3.63, 3.8) is 0 Å². The van der Waals surface area contributed by atoms with Crippen LogP contribution < -0.4 is 25.2 Å². The van der Waals surface area contributed by atoms with Gasteiger partial charge in [0.2, 0.25) is 27.7 Å². The molecule has 2 fully saturated rings. The summed E-state index contributed by atoms with van der Waals surface area (Å²) in [6, 6.07) is 5.26. The molecule has 1 atom stereocenters. The summed E-state index contributed by atoms with van der Waals surface area (Å²) >= 11 is 0. The number of benzene rings is 1. The zero-order valence-corrected chi connectivity index (χ0v) is 29.9. The van der Waals surface area contributed by atoms with Crippen molar-refractivity contribution in [3.8, 4) is 0 Å². The summed E-state index contributed by atoms with van der Waals surface area (Å²) in [5, 5.41) is 5.29. The summed E-state index contributed by atoms with van der Waals surface area (Å²) in [6.45, 7) is 0.598. The maximum absolute atomic E-state index is 14.0. The van der Waals surface area contributed by atoms with Crippen molar-refractivity contribution >= 4 is 39.4 Å². The van der Waals surface area contributed by atoms with E-state index in [2.05, 4.69) is 30.1 Å². The Morgan fingerprint density at radius 1 is 0.906 bits per heavy atom. The predicted octanol–water partition coefficient (Wildman–Crippen LogP) is 3.44. The smallest absolute Gasteiger partial charge is 0.451 e. The normalized spacial score (nSPS) is 17.2. The standard InChI is InChI=1S/C33H43F6N7O6S/c1-52-29(48)21-42-53(50,51)19-15-40-28(47)6-2-4-22-12-17-45(18-13-22)26-20-27(44-31(43-26)33(37,38)39)46-16-3-5-25(46)30(49)41-14-11-23-7-9-24(10-8-23)32(34,35)36/h7-10,20,22,25,42H,2-6,11-19,21H2,1H3,(H,40,47)(H,41,49)/t25-/m0/s1. The lowest BCUT2D eigenvalue weighted by Gasteiger charge is -2.34. The highest BCUT2D eigenvalue weighted by Gasteiger charge is 2.39. The zero-order valence-electron chi connectivity index (χ0n) is 29.1. The molecule has 0 radical (unpaired) electrons. The highest BCUT2D eigenvalue weighted by Crippen LogP contribution is 2.34. The Balaban J connectivity index is 1.27. The van der Waals surface area contributed by atoms with E-state index in [9.17, 15) is 49.1 Å². The topological polar surface area (TPSA) is 163 Å². The number of nitrogens with one attached hydrogen (secondary N) is 3. The minimum atomic E-state index is -4.84. The Kier molecular flexibility index (Phi) is 14.3. The lowest BCUT2D eigenvalue weighted by Crippen LogP contribution is -2.44. The van der Waals surface area contributed by atoms with E-state index in [1.54, 1.807) is 4.90 Å². The largest absolute Gasteiger partial charge is 0.468 e. The number of nitrogens with zero attached hydrogens (tertiary/aromatic N) is 4. The van der Waals surface area contributed by atoms with Crippen LogP contribution in [0.2, 0.25) is 0 Å². The summed E-state index contributed by atoms with van der Waals surface area (Å²) in [5.41, 5.74) is -0.197. The van der Waals surface area contributed by atoms with Gasteiger partial charge in [0.25, 0.3) is 0 Å². The molecule has 2 aliphatic heterocycles. The molecule has 3 N–H and O–H groups in total. The van der Waals surface area contributed by atoms with Gasteiger partial charge in [-0.05, 0) is 68.6 Å². The van der Waals surface area contributed by atoms with Gasteiger partial charge in [0.1, 0.15) is 24.2 Å². The number of hydrogen-bond acceptors (Lipinski definition) is 10. The third-order valence-electron chi connectivity index (χ3n) is 9.11. The lowest BCUT2D eigenvalue weighted by atomic mass is 9.91. The Morgan fingerprint density at radius 3 is 2.23 bits per heavy atom. The first kappa shape index (κ1) is 41.6. The van der Waals surface area contributed by atoms with E-state index in [0.29, 0.717) is 63.7 Å². The number of methoxy groups -OCH3 is 1. The molecule has 20 heteroatoms. The molecule has 1 aromatic carbocycles. The highest BCUT2D eigenvalue weighted by molar-refractivity contribution is 7.89. The SMILES string of the molecule is COC(=O)CNS(=O)(=O)CCNC(=O)CCCC1CCN(c2cc(N3CCC[C@H]3C(=O)NCCc3ccc(C(F)(F)F)cc3)nc(C(F)(F)F)n2)CC1. The average Bonchev–Trinajstić information content (AvgIpc) is 3.61. The van der Waals surface area contributed by atoms with Gasteiger partial charge in [-0.3, -0.25) is 14.4 Å². The maximum Gasteiger partial charge on any atom is 0.451 e. The van der Waals surface area contributed by atoms with Crippen LogP contribution in [-0.2, 0) is 47.9 Å². The van der Waals surface area contributed by atoms with Crippen molar-refractivity contribution in [1.82, 2.24) is 25.3 Å². The molecule has 53 heavy (non-hydrogen) atoms. The van der Waals surface area contributed by atoms with Crippen LogP contribution in [0.5, 0.6) is 0 Å². The molecule has 2 aromatic rings. The quantitative estimate of drug-likeness (QED) is 0.170.